The molecule has 0 aromatic carbocycles. The molecule has 3 nitrogen and oxygen atoms in total. The average molecular weight is 183 g/mol. The van der Waals surface area contributed by atoms with Crippen LogP contribution >= 0.6 is 15.9 Å². The summed E-state index contributed by atoms with van der Waals surface area (Å²) in [6.07, 6.45) is 1.33. The Kier molecular flexibility index (Phi) is 2.62. The number of rotatable bonds is 1. The lowest BCUT2D eigenvalue weighted by molar-refractivity contribution is -0.275. The minimum absolute atomic E-state index is 0.0648. The summed E-state index contributed by atoms with van der Waals surface area (Å²) in [5, 5.41) is 24.8. The molecule has 0 saturated heterocycles. The Morgan fingerprint density at radius 2 is 1.88 bits per heavy atom. The van der Waals surface area contributed by atoms with Crippen LogP contribution in [0.1, 0.15) is 6.92 Å². The van der Waals surface area contributed by atoms with Gasteiger partial charge in [0, 0.05) is 0 Å². The van der Waals surface area contributed by atoms with Crippen LogP contribution in [0, 0.1) is 0 Å². The van der Waals surface area contributed by atoms with E-state index in [1.165, 1.54) is 6.08 Å². The van der Waals surface area contributed by atoms with Crippen molar-refractivity contribution in [3.05, 3.63) is 10.6 Å². The van der Waals surface area contributed by atoms with Crippen LogP contribution in [0.25, 0.3) is 0 Å². The third-order valence-electron chi connectivity index (χ3n) is 0.574. The van der Waals surface area contributed by atoms with Crippen LogP contribution < -0.4 is 0 Å². The van der Waals surface area contributed by atoms with Crippen LogP contribution in [0.15, 0.2) is 10.6 Å². The molecule has 0 rings (SSSR count). The molecule has 0 aliphatic rings. The summed E-state index contributed by atoms with van der Waals surface area (Å²) in [5.74, 6) is -2.71. The van der Waals surface area contributed by atoms with Crippen molar-refractivity contribution in [3.8, 4) is 0 Å². The molecule has 0 fully saturated rings. The van der Waals surface area contributed by atoms with Gasteiger partial charge in [-0.25, -0.2) is 0 Å². The van der Waals surface area contributed by atoms with Gasteiger partial charge in [0.15, 0.2) is 0 Å². The Morgan fingerprint density at radius 1 is 1.50 bits per heavy atom. The van der Waals surface area contributed by atoms with Crippen molar-refractivity contribution in [2.24, 2.45) is 0 Å². The van der Waals surface area contributed by atoms with E-state index in [0.29, 0.717) is 0 Å². The van der Waals surface area contributed by atoms with Gasteiger partial charge < -0.3 is 15.3 Å². The second kappa shape index (κ2) is 2.59. The maximum Gasteiger partial charge on any atom is 0.310 e. The summed E-state index contributed by atoms with van der Waals surface area (Å²) >= 11 is 2.71. The minimum atomic E-state index is -2.71. The third kappa shape index (κ3) is 2.42. The largest absolute Gasteiger partial charge is 0.339 e. The fourth-order valence-corrected chi connectivity index (χ4v) is 0.194. The molecule has 4 heteroatoms. The van der Waals surface area contributed by atoms with E-state index in [9.17, 15) is 0 Å². The Hall–Kier alpha value is 0.1000. The first-order valence-corrected chi connectivity index (χ1v) is 2.77. The van der Waals surface area contributed by atoms with Gasteiger partial charge in [-0.15, -0.1) is 0 Å². The second-order valence-corrected chi connectivity index (χ2v) is 2.13. The number of aliphatic hydroxyl groups is 3. The molecule has 0 bridgehead atoms. The second-order valence-electron chi connectivity index (χ2n) is 1.27. The van der Waals surface area contributed by atoms with E-state index in [0.717, 1.165) is 0 Å². The zero-order chi connectivity index (χ0) is 6.78. The van der Waals surface area contributed by atoms with Gasteiger partial charge >= 0.3 is 5.97 Å². The first-order chi connectivity index (χ1) is 3.48. The lowest BCUT2D eigenvalue weighted by Crippen LogP contribution is -2.26. The minimum Gasteiger partial charge on any atom is -0.339 e. The quantitative estimate of drug-likeness (QED) is 0.498. The summed E-state index contributed by atoms with van der Waals surface area (Å²) in [7, 11) is 0. The Labute approximate surface area is 55.4 Å². The Balaban J connectivity index is 4.03. The predicted octanol–water partition coefficient (Wildman–Crippen LogP) is -0.0842. The zero-order valence-electron chi connectivity index (χ0n) is 4.30. The summed E-state index contributed by atoms with van der Waals surface area (Å²) in [5.41, 5.74) is 0. The first kappa shape index (κ1) is 8.10. The van der Waals surface area contributed by atoms with Crippen molar-refractivity contribution in [1.29, 1.82) is 0 Å². The van der Waals surface area contributed by atoms with E-state index >= 15 is 0 Å². The lowest BCUT2D eigenvalue weighted by Gasteiger charge is -2.11. The summed E-state index contributed by atoms with van der Waals surface area (Å²) < 4.78 is -0.0648. The zero-order valence-corrected chi connectivity index (χ0v) is 5.88. The first-order valence-electron chi connectivity index (χ1n) is 1.98. The molecule has 0 aliphatic heterocycles. The van der Waals surface area contributed by atoms with E-state index in [2.05, 4.69) is 15.9 Å². The fraction of sp³-hybridized carbons (Fsp3) is 0.500. The summed E-state index contributed by atoms with van der Waals surface area (Å²) in [6.45, 7) is 1.56. The number of allylic oxidation sites excluding steroid dienone is 1. The molecule has 0 unspecified atom stereocenters. The van der Waals surface area contributed by atoms with Crippen molar-refractivity contribution in [2.45, 2.75) is 12.9 Å². The lowest BCUT2D eigenvalue weighted by atomic mass is 10.5. The maximum atomic E-state index is 8.28. The van der Waals surface area contributed by atoms with Gasteiger partial charge in [0.1, 0.15) is 0 Å². The number of halogens is 1. The summed E-state index contributed by atoms with van der Waals surface area (Å²) in [4.78, 5) is 0. The SMILES string of the molecule is C/C=C(\Br)C(O)(O)O. The van der Waals surface area contributed by atoms with Crippen molar-refractivity contribution in [3.63, 3.8) is 0 Å². The predicted molar refractivity (Wildman–Crippen MR) is 32.1 cm³/mol. The summed E-state index contributed by atoms with van der Waals surface area (Å²) in [6, 6.07) is 0. The van der Waals surface area contributed by atoms with Crippen LogP contribution in [0.3, 0.4) is 0 Å². The molecule has 0 aliphatic carbocycles. The molecular formula is C4H7BrO3. The van der Waals surface area contributed by atoms with E-state index in [4.69, 9.17) is 15.3 Å². The van der Waals surface area contributed by atoms with Crippen LogP contribution in [-0.4, -0.2) is 21.3 Å². The molecule has 0 aromatic heterocycles. The Bertz CT molecular complexity index is 102. The van der Waals surface area contributed by atoms with Gasteiger partial charge in [-0.2, -0.15) is 0 Å². The molecule has 0 amide bonds. The molecule has 3 N–H and O–H groups in total. The highest BCUT2D eigenvalue weighted by molar-refractivity contribution is 9.11. The van der Waals surface area contributed by atoms with E-state index < -0.39 is 5.97 Å². The van der Waals surface area contributed by atoms with E-state index in [1.54, 1.807) is 6.92 Å². The van der Waals surface area contributed by atoms with Crippen LogP contribution in [0.2, 0.25) is 0 Å². The van der Waals surface area contributed by atoms with Gasteiger partial charge in [0.25, 0.3) is 0 Å². The molecule has 48 valence electrons. The highest BCUT2D eigenvalue weighted by Crippen LogP contribution is 2.15. The molecule has 0 saturated carbocycles. The molecule has 0 aromatic rings. The van der Waals surface area contributed by atoms with Crippen molar-refractivity contribution in [1.82, 2.24) is 0 Å². The van der Waals surface area contributed by atoms with Gasteiger partial charge in [-0.05, 0) is 22.9 Å². The monoisotopic (exact) mass is 182 g/mol. The highest BCUT2D eigenvalue weighted by Gasteiger charge is 2.21. The molecule has 0 heterocycles. The molecule has 0 radical (unpaired) electrons. The number of hydrogen-bond acceptors (Lipinski definition) is 3. The molecular weight excluding hydrogens is 176 g/mol. The smallest absolute Gasteiger partial charge is 0.310 e. The molecule has 0 atom stereocenters. The topological polar surface area (TPSA) is 60.7 Å². The molecule has 0 spiro atoms. The van der Waals surface area contributed by atoms with Gasteiger partial charge in [0.05, 0.1) is 4.48 Å². The fourth-order valence-electron chi connectivity index (χ4n) is 0.194. The van der Waals surface area contributed by atoms with E-state index in [1.807, 2.05) is 0 Å². The van der Waals surface area contributed by atoms with Crippen LogP contribution in [-0.2, 0) is 0 Å². The van der Waals surface area contributed by atoms with Gasteiger partial charge in [0.2, 0.25) is 0 Å². The Morgan fingerprint density at radius 3 is 1.88 bits per heavy atom. The average Bonchev–Trinajstić information content (AvgIpc) is 1.62. The van der Waals surface area contributed by atoms with Gasteiger partial charge in [-0.1, -0.05) is 6.08 Å². The standard InChI is InChI=1S/C4H7BrO3/c1-2-3(5)4(6,7)8/h2,6-8H,1H3/b3-2-. The normalized spacial score (nSPS) is 14.4. The van der Waals surface area contributed by atoms with Crippen LogP contribution in [0.5, 0.6) is 0 Å². The van der Waals surface area contributed by atoms with Crippen molar-refractivity contribution in [2.75, 3.05) is 0 Å². The van der Waals surface area contributed by atoms with Gasteiger partial charge in [-0.3, -0.25) is 0 Å². The maximum absolute atomic E-state index is 8.28. The van der Waals surface area contributed by atoms with Crippen LogP contribution in [0.4, 0.5) is 0 Å². The highest BCUT2D eigenvalue weighted by atomic mass is 79.9. The number of hydrogen-bond donors (Lipinski definition) is 3. The molecule has 8 heavy (non-hydrogen) atoms. The van der Waals surface area contributed by atoms with E-state index in [-0.39, 0.29) is 4.48 Å². The third-order valence-corrected chi connectivity index (χ3v) is 1.56. The van der Waals surface area contributed by atoms with Crippen molar-refractivity contribution < 1.29 is 15.3 Å². The van der Waals surface area contributed by atoms with Crippen molar-refractivity contribution >= 4 is 15.9 Å².